The van der Waals surface area contributed by atoms with E-state index in [4.69, 9.17) is 4.74 Å². The van der Waals surface area contributed by atoms with Crippen molar-refractivity contribution in [2.45, 2.75) is 32.1 Å². The first-order valence-electron chi connectivity index (χ1n) is 6.90. The van der Waals surface area contributed by atoms with E-state index in [0.717, 1.165) is 32.0 Å². The zero-order valence-corrected chi connectivity index (χ0v) is 11.8. The molecular formula is C13H25ClN2O2. The van der Waals surface area contributed by atoms with E-state index in [1.165, 1.54) is 19.3 Å². The molecule has 1 atom stereocenters. The first-order chi connectivity index (χ1) is 8.34. The predicted molar refractivity (Wildman–Crippen MR) is 74.0 cm³/mol. The number of rotatable bonds is 8. The van der Waals surface area contributed by atoms with E-state index in [9.17, 15) is 4.79 Å². The van der Waals surface area contributed by atoms with Crippen molar-refractivity contribution in [1.29, 1.82) is 0 Å². The molecule has 1 saturated heterocycles. The number of carbonyl (C=O) groups is 1. The van der Waals surface area contributed by atoms with Crippen LogP contribution in [0, 0.1) is 11.8 Å². The molecule has 2 rings (SSSR count). The van der Waals surface area contributed by atoms with Crippen LogP contribution in [0.5, 0.6) is 0 Å². The largest absolute Gasteiger partial charge is 0.379 e. The second-order valence-corrected chi connectivity index (χ2v) is 5.27. The van der Waals surface area contributed by atoms with Gasteiger partial charge in [-0.2, -0.15) is 0 Å². The van der Waals surface area contributed by atoms with E-state index in [2.05, 4.69) is 10.6 Å². The van der Waals surface area contributed by atoms with E-state index >= 15 is 0 Å². The van der Waals surface area contributed by atoms with E-state index in [1.807, 2.05) is 0 Å². The van der Waals surface area contributed by atoms with Gasteiger partial charge in [0.1, 0.15) is 0 Å². The number of hydrogen-bond acceptors (Lipinski definition) is 3. The number of carbonyl (C=O) groups excluding carboxylic acids is 1. The fraction of sp³-hybridized carbons (Fsp3) is 0.923. The first kappa shape index (κ1) is 15.7. The predicted octanol–water partition coefficient (Wildman–Crippen LogP) is 1.34. The van der Waals surface area contributed by atoms with E-state index in [1.54, 1.807) is 0 Å². The second kappa shape index (κ2) is 8.73. The molecule has 0 aromatic carbocycles. The van der Waals surface area contributed by atoms with Crippen LogP contribution in [0.4, 0.5) is 0 Å². The van der Waals surface area contributed by atoms with Crippen molar-refractivity contribution in [3.05, 3.63) is 0 Å². The van der Waals surface area contributed by atoms with Crippen molar-refractivity contribution < 1.29 is 9.53 Å². The molecule has 0 radical (unpaired) electrons. The molecule has 2 fully saturated rings. The summed E-state index contributed by atoms with van der Waals surface area (Å²) in [5.41, 5.74) is 0. The third kappa shape index (κ3) is 6.57. The van der Waals surface area contributed by atoms with Gasteiger partial charge in [0.2, 0.25) is 5.91 Å². The van der Waals surface area contributed by atoms with Crippen LogP contribution in [0.1, 0.15) is 32.1 Å². The van der Waals surface area contributed by atoms with E-state index in [-0.39, 0.29) is 18.3 Å². The maximum Gasteiger partial charge on any atom is 0.220 e. The fourth-order valence-electron chi connectivity index (χ4n) is 2.18. The third-order valence-corrected chi connectivity index (χ3v) is 3.56. The minimum atomic E-state index is 0. The SMILES string of the molecule is Cl.O=C(CCC1CCNC1)NCCOCC1CC1. The Labute approximate surface area is 116 Å². The Morgan fingerprint density at radius 3 is 2.78 bits per heavy atom. The lowest BCUT2D eigenvalue weighted by atomic mass is 10.0. The van der Waals surface area contributed by atoms with Crippen molar-refractivity contribution >= 4 is 18.3 Å². The molecule has 1 aliphatic carbocycles. The van der Waals surface area contributed by atoms with Crippen LogP contribution in [0.15, 0.2) is 0 Å². The van der Waals surface area contributed by atoms with E-state index in [0.29, 0.717) is 25.5 Å². The summed E-state index contributed by atoms with van der Waals surface area (Å²) in [6.45, 7) is 4.39. The van der Waals surface area contributed by atoms with Crippen molar-refractivity contribution in [3.63, 3.8) is 0 Å². The maximum atomic E-state index is 11.5. The van der Waals surface area contributed by atoms with Gasteiger partial charge in [-0.05, 0) is 50.6 Å². The van der Waals surface area contributed by atoms with Gasteiger partial charge >= 0.3 is 0 Å². The van der Waals surface area contributed by atoms with Gasteiger partial charge in [0, 0.05) is 19.6 Å². The Bertz CT molecular complexity index is 241. The lowest BCUT2D eigenvalue weighted by molar-refractivity contribution is -0.121. The van der Waals surface area contributed by atoms with Crippen molar-refractivity contribution in [2.75, 3.05) is 32.8 Å². The topological polar surface area (TPSA) is 50.4 Å². The molecule has 0 aromatic heterocycles. The highest BCUT2D eigenvalue weighted by Gasteiger charge is 2.20. The fourth-order valence-corrected chi connectivity index (χ4v) is 2.18. The molecule has 0 aromatic rings. The lowest BCUT2D eigenvalue weighted by Crippen LogP contribution is -2.27. The lowest BCUT2D eigenvalue weighted by Gasteiger charge is -2.08. The van der Waals surface area contributed by atoms with Gasteiger partial charge in [-0.3, -0.25) is 4.79 Å². The summed E-state index contributed by atoms with van der Waals surface area (Å²) >= 11 is 0. The normalized spacial score (nSPS) is 22.6. The smallest absolute Gasteiger partial charge is 0.220 e. The third-order valence-electron chi connectivity index (χ3n) is 3.56. The molecule has 1 aliphatic heterocycles. The molecule has 2 N–H and O–H groups in total. The van der Waals surface area contributed by atoms with Gasteiger partial charge in [0.15, 0.2) is 0 Å². The number of nitrogens with one attached hydrogen (secondary N) is 2. The van der Waals surface area contributed by atoms with Crippen LogP contribution in [0.25, 0.3) is 0 Å². The highest BCUT2D eigenvalue weighted by Crippen LogP contribution is 2.28. The molecule has 2 aliphatic rings. The standard InChI is InChI=1S/C13H24N2O2.ClH/c16-13(4-3-11-5-6-14-9-11)15-7-8-17-10-12-1-2-12;/h11-12,14H,1-10H2,(H,15,16);1H. The van der Waals surface area contributed by atoms with Crippen LogP contribution >= 0.6 is 12.4 Å². The van der Waals surface area contributed by atoms with Gasteiger partial charge in [-0.25, -0.2) is 0 Å². The minimum Gasteiger partial charge on any atom is -0.379 e. The number of amides is 1. The summed E-state index contributed by atoms with van der Waals surface area (Å²) in [6.07, 6.45) is 5.54. The molecule has 0 bridgehead atoms. The zero-order chi connectivity index (χ0) is 11.9. The van der Waals surface area contributed by atoms with Gasteiger partial charge in [-0.1, -0.05) is 0 Å². The molecule has 18 heavy (non-hydrogen) atoms. The summed E-state index contributed by atoms with van der Waals surface area (Å²) in [4.78, 5) is 11.5. The monoisotopic (exact) mass is 276 g/mol. The Balaban J connectivity index is 0.00000162. The van der Waals surface area contributed by atoms with Gasteiger partial charge in [-0.15, -0.1) is 12.4 Å². The van der Waals surface area contributed by atoms with Crippen molar-refractivity contribution in [1.82, 2.24) is 10.6 Å². The molecule has 1 amide bonds. The summed E-state index contributed by atoms with van der Waals surface area (Å²) in [5, 5.41) is 6.24. The summed E-state index contributed by atoms with van der Waals surface area (Å²) in [6, 6.07) is 0. The molecule has 1 unspecified atom stereocenters. The minimum absolute atomic E-state index is 0. The Morgan fingerprint density at radius 1 is 1.28 bits per heavy atom. The number of hydrogen-bond donors (Lipinski definition) is 2. The Kier molecular flexibility index (Phi) is 7.63. The molecule has 4 nitrogen and oxygen atoms in total. The maximum absolute atomic E-state index is 11.5. The van der Waals surface area contributed by atoms with Crippen LogP contribution in [0.3, 0.4) is 0 Å². The van der Waals surface area contributed by atoms with Gasteiger partial charge in [0.05, 0.1) is 6.61 Å². The summed E-state index contributed by atoms with van der Waals surface area (Å²) in [7, 11) is 0. The number of halogens is 1. The van der Waals surface area contributed by atoms with Crippen LogP contribution in [-0.2, 0) is 9.53 Å². The molecular weight excluding hydrogens is 252 g/mol. The average molecular weight is 277 g/mol. The summed E-state index contributed by atoms with van der Waals surface area (Å²) in [5.74, 6) is 1.68. The van der Waals surface area contributed by atoms with Gasteiger partial charge < -0.3 is 15.4 Å². The van der Waals surface area contributed by atoms with E-state index < -0.39 is 0 Å². The summed E-state index contributed by atoms with van der Waals surface area (Å²) < 4.78 is 5.46. The van der Waals surface area contributed by atoms with Crippen LogP contribution in [-0.4, -0.2) is 38.8 Å². The van der Waals surface area contributed by atoms with Crippen LogP contribution < -0.4 is 10.6 Å². The number of ether oxygens (including phenoxy) is 1. The molecule has 106 valence electrons. The van der Waals surface area contributed by atoms with Crippen molar-refractivity contribution in [3.8, 4) is 0 Å². The molecule has 5 heteroatoms. The highest BCUT2D eigenvalue weighted by atomic mass is 35.5. The zero-order valence-electron chi connectivity index (χ0n) is 11.0. The van der Waals surface area contributed by atoms with Gasteiger partial charge in [0.25, 0.3) is 0 Å². The Morgan fingerprint density at radius 2 is 2.11 bits per heavy atom. The quantitative estimate of drug-likeness (QED) is 0.658. The second-order valence-electron chi connectivity index (χ2n) is 5.27. The van der Waals surface area contributed by atoms with Crippen LogP contribution in [0.2, 0.25) is 0 Å². The molecule has 1 saturated carbocycles. The Hall–Kier alpha value is -0.320. The highest BCUT2D eigenvalue weighted by molar-refractivity contribution is 5.85. The average Bonchev–Trinajstić information content (AvgIpc) is 3.00. The van der Waals surface area contributed by atoms with Crippen molar-refractivity contribution in [2.24, 2.45) is 11.8 Å². The first-order valence-corrected chi connectivity index (χ1v) is 6.90. The molecule has 0 spiro atoms. The molecule has 1 heterocycles.